The van der Waals surface area contributed by atoms with Crippen LogP contribution >= 0.6 is 0 Å². The second-order valence-corrected chi connectivity index (χ2v) is 5.86. The summed E-state index contributed by atoms with van der Waals surface area (Å²) in [6.07, 6.45) is 10.8. The average molecular weight is 267 g/mol. The summed E-state index contributed by atoms with van der Waals surface area (Å²) in [7, 11) is 0. The van der Waals surface area contributed by atoms with Gasteiger partial charge in [0.15, 0.2) is 0 Å². The van der Waals surface area contributed by atoms with Crippen LogP contribution in [0.15, 0.2) is 12.7 Å². The van der Waals surface area contributed by atoms with Crippen LogP contribution in [0.4, 0.5) is 0 Å². The van der Waals surface area contributed by atoms with Crippen molar-refractivity contribution in [1.29, 1.82) is 0 Å². The first-order valence-corrected chi connectivity index (χ1v) is 7.78. The van der Waals surface area contributed by atoms with E-state index in [9.17, 15) is 0 Å². The summed E-state index contributed by atoms with van der Waals surface area (Å²) in [5.74, 6) is 5.72. The molecule has 110 valence electrons. The summed E-state index contributed by atoms with van der Waals surface area (Å²) in [6.45, 7) is 6.93. The number of nitrogens with two attached hydrogens (primary N) is 1. The lowest BCUT2D eigenvalue weighted by Gasteiger charge is -2.38. The number of nitrogens with zero attached hydrogens (tertiary/aromatic N) is 1. The molecule has 0 amide bonds. The second kappa shape index (κ2) is 8.00. The minimum Gasteiger partial charge on any atom is -0.374 e. The van der Waals surface area contributed by atoms with Crippen molar-refractivity contribution < 1.29 is 4.74 Å². The highest BCUT2D eigenvalue weighted by Crippen LogP contribution is 2.24. The van der Waals surface area contributed by atoms with Crippen LogP contribution in [0.25, 0.3) is 0 Å². The van der Waals surface area contributed by atoms with Gasteiger partial charge in [-0.1, -0.05) is 18.9 Å². The van der Waals surface area contributed by atoms with Crippen LogP contribution in [-0.4, -0.2) is 42.8 Å². The fourth-order valence-electron chi connectivity index (χ4n) is 3.29. The van der Waals surface area contributed by atoms with Crippen molar-refractivity contribution in [2.45, 2.75) is 63.1 Å². The van der Waals surface area contributed by atoms with Crippen molar-refractivity contribution >= 4 is 0 Å². The number of unbranched alkanes of at least 4 members (excludes halogenated alkanes) is 3. The molecule has 0 aliphatic carbocycles. The molecule has 2 fully saturated rings. The molecule has 0 aromatic heterocycles. The summed E-state index contributed by atoms with van der Waals surface area (Å²) in [6, 6.07) is 0.965. The summed E-state index contributed by atoms with van der Waals surface area (Å²) < 4.78 is 6.02. The fraction of sp³-hybridized carbons (Fsp3) is 0.867. The van der Waals surface area contributed by atoms with Gasteiger partial charge >= 0.3 is 0 Å². The summed E-state index contributed by atoms with van der Waals surface area (Å²) in [5.41, 5.74) is 2.97. The molecular formula is C15H29N3O. The van der Waals surface area contributed by atoms with E-state index in [0.29, 0.717) is 12.1 Å². The van der Waals surface area contributed by atoms with Crippen molar-refractivity contribution in [2.75, 3.05) is 19.7 Å². The molecule has 2 aliphatic heterocycles. The minimum absolute atomic E-state index is 0.263. The van der Waals surface area contributed by atoms with Crippen LogP contribution in [0.3, 0.4) is 0 Å². The van der Waals surface area contributed by atoms with Gasteiger partial charge in [-0.05, 0) is 38.6 Å². The van der Waals surface area contributed by atoms with Crippen LogP contribution < -0.4 is 11.3 Å². The van der Waals surface area contributed by atoms with Gasteiger partial charge in [-0.15, -0.1) is 6.58 Å². The molecule has 0 bridgehead atoms. The molecule has 2 rings (SSSR count). The number of ether oxygens (including phenoxy) is 1. The van der Waals surface area contributed by atoms with E-state index in [-0.39, 0.29) is 6.10 Å². The molecule has 0 aromatic rings. The first-order valence-electron chi connectivity index (χ1n) is 7.78. The average Bonchev–Trinajstić information content (AvgIpc) is 2.90. The van der Waals surface area contributed by atoms with Gasteiger partial charge in [-0.3, -0.25) is 16.2 Å². The van der Waals surface area contributed by atoms with E-state index < -0.39 is 0 Å². The molecule has 4 nitrogen and oxygen atoms in total. The van der Waals surface area contributed by atoms with Gasteiger partial charge in [-0.2, -0.15) is 0 Å². The fourth-order valence-corrected chi connectivity index (χ4v) is 3.29. The van der Waals surface area contributed by atoms with Crippen LogP contribution in [0.5, 0.6) is 0 Å². The minimum atomic E-state index is 0.263. The van der Waals surface area contributed by atoms with Crippen molar-refractivity contribution in [2.24, 2.45) is 5.84 Å². The molecule has 0 spiro atoms. The summed E-state index contributed by atoms with van der Waals surface area (Å²) in [5, 5.41) is 0. The summed E-state index contributed by atoms with van der Waals surface area (Å²) in [4.78, 5) is 2.58. The zero-order valence-electron chi connectivity index (χ0n) is 12.0. The SMILES string of the molecule is C=CCCCCCC(NN)C1CN2CCCC2CO1. The molecule has 0 radical (unpaired) electrons. The maximum Gasteiger partial charge on any atom is 0.0868 e. The van der Waals surface area contributed by atoms with E-state index in [2.05, 4.69) is 16.9 Å². The zero-order valence-corrected chi connectivity index (χ0v) is 12.0. The number of allylic oxidation sites excluding steroid dienone is 1. The Labute approximate surface area is 117 Å². The third-order valence-corrected chi connectivity index (χ3v) is 4.50. The Morgan fingerprint density at radius 2 is 2.32 bits per heavy atom. The first kappa shape index (κ1) is 15.0. The lowest BCUT2D eigenvalue weighted by atomic mass is 10.0. The maximum absolute atomic E-state index is 6.02. The Morgan fingerprint density at radius 3 is 3.11 bits per heavy atom. The Morgan fingerprint density at radius 1 is 1.42 bits per heavy atom. The van der Waals surface area contributed by atoms with Crippen LogP contribution in [-0.2, 0) is 4.74 Å². The number of rotatable bonds is 8. The van der Waals surface area contributed by atoms with Crippen molar-refractivity contribution in [3.05, 3.63) is 12.7 Å². The van der Waals surface area contributed by atoms with Gasteiger partial charge in [0.05, 0.1) is 12.7 Å². The monoisotopic (exact) mass is 267 g/mol. The van der Waals surface area contributed by atoms with Crippen molar-refractivity contribution in [1.82, 2.24) is 10.3 Å². The zero-order chi connectivity index (χ0) is 13.5. The van der Waals surface area contributed by atoms with Gasteiger partial charge in [0.25, 0.3) is 0 Å². The highest BCUT2D eigenvalue weighted by atomic mass is 16.5. The molecule has 0 aromatic carbocycles. The Balaban J connectivity index is 1.69. The van der Waals surface area contributed by atoms with Gasteiger partial charge in [0, 0.05) is 18.6 Å². The molecule has 2 saturated heterocycles. The topological polar surface area (TPSA) is 50.5 Å². The number of morpholine rings is 1. The predicted molar refractivity (Wildman–Crippen MR) is 78.7 cm³/mol. The number of hydrazine groups is 1. The van der Waals surface area contributed by atoms with Crippen molar-refractivity contribution in [3.63, 3.8) is 0 Å². The molecule has 2 heterocycles. The Bertz CT molecular complexity index is 272. The normalized spacial score (nSPS) is 29.1. The third-order valence-electron chi connectivity index (χ3n) is 4.50. The number of hydrogen-bond donors (Lipinski definition) is 2. The first-order chi connectivity index (χ1) is 9.35. The number of fused-ring (bicyclic) bond motifs is 1. The third kappa shape index (κ3) is 4.28. The molecule has 3 N–H and O–H groups in total. The molecule has 4 heteroatoms. The Kier molecular flexibility index (Phi) is 6.31. The smallest absolute Gasteiger partial charge is 0.0868 e. The largest absolute Gasteiger partial charge is 0.374 e. The van der Waals surface area contributed by atoms with E-state index in [1.165, 1.54) is 38.6 Å². The highest BCUT2D eigenvalue weighted by molar-refractivity contribution is 4.89. The molecule has 0 saturated carbocycles. The van der Waals surface area contributed by atoms with Crippen LogP contribution in [0.2, 0.25) is 0 Å². The van der Waals surface area contributed by atoms with E-state index >= 15 is 0 Å². The van der Waals surface area contributed by atoms with Crippen LogP contribution in [0.1, 0.15) is 44.9 Å². The second-order valence-electron chi connectivity index (χ2n) is 5.86. The van der Waals surface area contributed by atoms with Gasteiger partial charge in [0.1, 0.15) is 0 Å². The molecule has 3 unspecified atom stereocenters. The summed E-state index contributed by atoms with van der Waals surface area (Å²) >= 11 is 0. The van der Waals surface area contributed by atoms with Gasteiger partial charge in [-0.25, -0.2) is 0 Å². The lowest BCUT2D eigenvalue weighted by molar-refractivity contribution is -0.0659. The maximum atomic E-state index is 6.02. The van der Waals surface area contributed by atoms with E-state index in [0.717, 1.165) is 26.0 Å². The number of hydrogen-bond acceptors (Lipinski definition) is 4. The molecule has 19 heavy (non-hydrogen) atoms. The van der Waals surface area contributed by atoms with E-state index in [1.54, 1.807) is 0 Å². The number of nitrogens with one attached hydrogen (secondary N) is 1. The van der Waals surface area contributed by atoms with Gasteiger partial charge in [0.2, 0.25) is 0 Å². The van der Waals surface area contributed by atoms with Crippen molar-refractivity contribution in [3.8, 4) is 0 Å². The lowest BCUT2D eigenvalue weighted by Crippen LogP contribution is -2.55. The molecule has 3 atom stereocenters. The van der Waals surface area contributed by atoms with E-state index in [1.807, 2.05) is 6.08 Å². The van der Waals surface area contributed by atoms with E-state index in [4.69, 9.17) is 10.6 Å². The standard InChI is InChI=1S/C15H29N3O/c1-2-3-4-5-6-9-14(17-16)15-11-18-10-7-8-13(18)12-19-15/h2,13-15,17H,1,3-12,16H2. The van der Waals surface area contributed by atoms with Gasteiger partial charge < -0.3 is 4.74 Å². The molecule has 2 aliphatic rings. The highest BCUT2D eigenvalue weighted by Gasteiger charge is 2.35. The Hall–Kier alpha value is -0.420. The quantitative estimate of drug-likeness (QED) is 0.305. The predicted octanol–water partition coefficient (Wildman–Crippen LogP) is 1.82. The van der Waals surface area contributed by atoms with Crippen LogP contribution in [0, 0.1) is 0 Å². The molecular weight excluding hydrogens is 238 g/mol.